The normalized spacial score (nSPS) is 19.2. The molecule has 1 atom stereocenters. The molecule has 1 aliphatic rings. The maximum atomic E-state index is 10.3. The van der Waals surface area contributed by atoms with Crippen LogP contribution in [0.5, 0.6) is 0 Å². The molecule has 0 radical (unpaired) electrons. The van der Waals surface area contributed by atoms with Gasteiger partial charge in [-0.3, -0.25) is 0 Å². The number of carbonyl (C=O) groups is 1. The van der Waals surface area contributed by atoms with Crippen molar-refractivity contribution < 1.29 is 19.7 Å². The highest BCUT2D eigenvalue weighted by molar-refractivity contribution is 5.72. The van der Waals surface area contributed by atoms with Gasteiger partial charge in [-0.15, -0.1) is 0 Å². The topological polar surface area (TPSA) is 66.8 Å². The molecule has 4 nitrogen and oxygen atoms in total. The zero-order valence-electron chi connectivity index (χ0n) is 6.69. The minimum Gasteiger partial charge on any atom is -0.501 e. The smallest absolute Gasteiger partial charge is 0.332 e. The van der Waals surface area contributed by atoms with E-state index >= 15 is 0 Å². The summed E-state index contributed by atoms with van der Waals surface area (Å²) in [5.74, 6) is -1.18. The third kappa shape index (κ3) is 2.54. The fraction of sp³-hybridized carbons (Fsp3) is 0.625. The number of aliphatic carboxylic acids is 1. The van der Waals surface area contributed by atoms with E-state index in [0.717, 1.165) is 18.4 Å². The van der Waals surface area contributed by atoms with Gasteiger partial charge in [-0.25, -0.2) is 4.79 Å². The summed E-state index contributed by atoms with van der Waals surface area (Å²) in [4.78, 5) is 10.3. The second kappa shape index (κ2) is 4.11. The van der Waals surface area contributed by atoms with E-state index < -0.39 is 12.1 Å². The third-order valence-corrected chi connectivity index (χ3v) is 1.75. The van der Waals surface area contributed by atoms with Crippen molar-refractivity contribution in [3.8, 4) is 0 Å². The van der Waals surface area contributed by atoms with Gasteiger partial charge < -0.3 is 14.9 Å². The molecule has 0 bridgehead atoms. The number of aliphatic hydroxyl groups excluding tert-OH is 1. The van der Waals surface area contributed by atoms with Crippen molar-refractivity contribution in [1.29, 1.82) is 0 Å². The van der Waals surface area contributed by atoms with Crippen molar-refractivity contribution in [1.82, 2.24) is 0 Å². The molecule has 1 aliphatic heterocycles. The summed E-state index contributed by atoms with van der Waals surface area (Å²) >= 11 is 0. The van der Waals surface area contributed by atoms with E-state index in [9.17, 15) is 4.79 Å². The van der Waals surface area contributed by atoms with Crippen LogP contribution in [0.15, 0.2) is 11.8 Å². The Labute approximate surface area is 70.5 Å². The van der Waals surface area contributed by atoms with E-state index in [1.807, 2.05) is 0 Å². The van der Waals surface area contributed by atoms with Crippen LogP contribution in [-0.4, -0.2) is 28.9 Å². The van der Waals surface area contributed by atoms with Crippen LogP contribution in [0.3, 0.4) is 0 Å². The molecule has 0 saturated carbocycles. The Morgan fingerprint density at radius 2 is 2.50 bits per heavy atom. The summed E-state index contributed by atoms with van der Waals surface area (Å²) in [5.41, 5.74) is 0.871. The minimum atomic E-state index is -1.29. The number of rotatable bonds is 3. The fourth-order valence-corrected chi connectivity index (χ4v) is 1.10. The lowest BCUT2D eigenvalue weighted by Crippen LogP contribution is -2.20. The first-order chi connectivity index (χ1) is 5.70. The molecule has 4 heteroatoms. The van der Waals surface area contributed by atoms with Crippen LogP contribution in [0.4, 0.5) is 0 Å². The Hall–Kier alpha value is -1.03. The lowest BCUT2D eigenvalue weighted by Gasteiger charge is -2.14. The Kier molecular flexibility index (Phi) is 3.10. The summed E-state index contributed by atoms with van der Waals surface area (Å²) < 4.78 is 5.00. The highest BCUT2D eigenvalue weighted by Gasteiger charge is 2.16. The lowest BCUT2D eigenvalue weighted by atomic mass is 10.0. The van der Waals surface area contributed by atoms with Crippen LogP contribution in [0.1, 0.15) is 19.3 Å². The van der Waals surface area contributed by atoms with Crippen molar-refractivity contribution in [2.45, 2.75) is 25.4 Å². The van der Waals surface area contributed by atoms with E-state index in [4.69, 9.17) is 14.9 Å². The molecule has 0 amide bonds. The number of hydrogen-bond donors (Lipinski definition) is 2. The molecule has 1 heterocycles. The average Bonchev–Trinajstić information content (AvgIpc) is 2.06. The average molecular weight is 172 g/mol. The predicted molar refractivity (Wildman–Crippen MR) is 41.5 cm³/mol. The van der Waals surface area contributed by atoms with Gasteiger partial charge in [0.25, 0.3) is 0 Å². The maximum absolute atomic E-state index is 10.3. The van der Waals surface area contributed by atoms with E-state index in [1.165, 1.54) is 0 Å². The van der Waals surface area contributed by atoms with Crippen LogP contribution in [0, 0.1) is 0 Å². The summed E-state index contributed by atoms with van der Waals surface area (Å²) in [7, 11) is 0. The molecule has 12 heavy (non-hydrogen) atoms. The predicted octanol–water partition coefficient (Wildman–Crippen LogP) is 0.516. The first kappa shape index (κ1) is 9.06. The van der Waals surface area contributed by atoms with Gasteiger partial charge >= 0.3 is 5.97 Å². The maximum Gasteiger partial charge on any atom is 0.332 e. The van der Waals surface area contributed by atoms with Gasteiger partial charge in [0, 0.05) is 6.42 Å². The molecule has 1 rings (SSSR count). The van der Waals surface area contributed by atoms with E-state index in [-0.39, 0.29) is 6.42 Å². The van der Waals surface area contributed by atoms with Crippen LogP contribution < -0.4 is 0 Å². The first-order valence-corrected chi connectivity index (χ1v) is 3.90. The Morgan fingerprint density at radius 1 is 1.75 bits per heavy atom. The van der Waals surface area contributed by atoms with Gasteiger partial charge in [0.1, 0.15) is 0 Å². The first-order valence-electron chi connectivity index (χ1n) is 3.90. The molecular weight excluding hydrogens is 160 g/mol. The standard InChI is InChI=1S/C8H12O4/c9-7(8(10)11)4-6-2-1-3-12-5-6/h5,7,9H,1-4H2,(H,10,11). The fourth-order valence-electron chi connectivity index (χ4n) is 1.10. The van der Waals surface area contributed by atoms with Crippen molar-refractivity contribution in [3.63, 3.8) is 0 Å². The van der Waals surface area contributed by atoms with Gasteiger partial charge in [-0.1, -0.05) is 0 Å². The van der Waals surface area contributed by atoms with Crippen molar-refractivity contribution in [2.24, 2.45) is 0 Å². The molecule has 1 unspecified atom stereocenters. The SMILES string of the molecule is O=C(O)C(O)CC1=COCCC1. The van der Waals surface area contributed by atoms with E-state index in [2.05, 4.69) is 0 Å². The van der Waals surface area contributed by atoms with Crippen LogP contribution >= 0.6 is 0 Å². The number of carboxylic acids is 1. The van der Waals surface area contributed by atoms with Crippen molar-refractivity contribution in [2.75, 3.05) is 6.61 Å². The zero-order chi connectivity index (χ0) is 8.97. The third-order valence-electron chi connectivity index (χ3n) is 1.75. The van der Waals surface area contributed by atoms with Crippen molar-refractivity contribution in [3.05, 3.63) is 11.8 Å². The number of ether oxygens (including phenoxy) is 1. The summed E-state index contributed by atoms with van der Waals surface area (Å²) in [6.07, 6.45) is 2.16. The molecule has 0 fully saturated rings. The largest absolute Gasteiger partial charge is 0.501 e. The van der Waals surface area contributed by atoms with Crippen LogP contribution in [0.25, 0.3) is 0 Å². The van der Waals surface area contributed by atoms with Crippen LogP contribution in [0.2, 0.25) is 0 Å². The molecule has 0 aromatic heterocycles. The molecule has 0 aromatic rings. The summed E-state index contributed by atoms with van der Waals surface area (Å²) in [6.45, 7) is 0.687. The zero-order valence-corrected chi connectivity index (χ0v) is 6.69. The quantitative estimate of drug-likeness (QED) is 0.651. The number of aliphatic hydroxyl groups is 1. The monoisotopic (exact) mass is 172 g/mol. The second-order valence-corrected chi connectivity index (χ2v) is 2.81. The molecule has 0 spiro atoms. The van der Waals surface area contributed by atoms with Gasteiger partial charge in [0.15, 0.2) is 6.10 Å². The number of hydrogen-bond acceptors (Lipinski definition) is 3. The molecule has 68 valence electrons. The Bertz CT molecular complexity index is 197. The summed E-state index contributed by atoms with van der Waals surface area (Å²) in [6, 6.07) is 0. The minimum absolute atomic E-state index is 0.176. The second-order valence-electron chi connectivity index (χ2n) is 2.81. The molecule has 0 aromatic carbocycles. The molecule has 0 aliphatic carbocycles. The number of carboxylic acid groups (broad SMARTS) is 1. The van der Waals surface area contributed by atoms with Gasteiger partial charge in [-0.05, 0) is 18.4 Å². The Morgan fingerprint density at radius 3 is 3.00 bits per heavy atom. The Balaban J connectivity index is 2.39. The highest BCUT2D eigenvalue weighted by Crippen LogP contribution is 2.16. The lowest BCUT2D eigenvalue weighted by molar-refractivity contribution is -0.146. The molecular formula is C8H12O4. The highest BCUT2D eigenvalue weighted by atomic mass is 16.5. The van der Waals surface area contributed by atoms with E-state index in [0.29, 0.717) is 6.61 Å². The van der Waals surface area contributed by atoms with Crippen LogP contribution in [-0.2, 0) is 9.53 Å². The van der Waals surface area contributed by atoms with Gasteiger partial charge in [0.2, 0.25) is 0 Å². The molecule has 0 saturated heterocycles. The molecule has 2 N–H and O–H groups in total. The van der Waals surface area contributed by atoms with E-state index in [1.54, 1.807) is 6.26 Å². The van der Waals surface area contributed by atoms with Gasteiger partial charge in [-0.2, -0.15) is 0 Å². The van der Waals surface area contributed by atoms with Crippen molar-refractivity contribution >= 4 is 5.97 Å². The van der Waals surface area contributed by atoms with Gasteiger partial charge in [0.05, 0.1) is 12.9 Å². The summed E-state index contributed by atoms with van der Waals surface area (Å²) in [5, 5.41) is 17.4.